The molecule has 0 aromatic heterocycles. The lowest BCUT2D eigenvalue weighted by molar-refractivity contribution is 0.0904. The number of benzene rings is 3. The van der Waals surface area contributed by atoms with E-state index < -0.39 is 12.4 Å². The van der Waals surface area contributed by atoms with Crippen LogP contribution in [0.3, 0.4) is 0 Å². The summed E-state index contributed by atoms with van der Waals surface area (Å²) >= 11 is 0. The molecule has 3 aromatic carbocycles. The van der Waals surface area contributed by atoms with Crippen LogP contribution in [0.4, 0.5) is 5.69 Å². The van der Waals surface area contributed by atoms with Gasteiger partial charge in [0.2, 0.25) is 0 Å². The number of rotatable bonds is 10. The van der Waals surface area contributed by atoms with E-state index in [4.69, 9.17) is 9.84 Å². The zero-order chi connectivity index (χ0) is 21.2. The Hall–Kier alpha value is -3.44. The maximum Gasteiger partial charge on any atom is 0.255 e. The van der Waals surface area contributed by atoms with Gasteiger partial charge in [0.1, 0.15) is 12.4 Å². The summed E-state index contributed by atoms with van der Waals surface area (Å²) in [6, 6.07) is 23.9. The van der Waals surface area contributed by atoms with Crippen LogP contribution in [0.2, 0.25) is 0 Å². The largest absolute Gasteiger partial charge is 0.494 e. The number of aryl methyl sites for hydroxylation is 1. The van der Waals surface area contributed by atoms with Crippen LogP contribution in [0.15, 0.2) is 78.9 Å². The van der Waals surface area contributed by atoms with Gasteiger partial charge >= 0.3 is 0 Å². The van der Waals surface area contributed by atoms with Crippen molar-refractivity contribution in [2.75, 3.05) is 18.5 Å². The van der Waals surface area contributed by atoms with Crippen LogP contribution in [0.1, 0.15) is 39.1 Å². The second-order valence-electron chi connectivity index (χ2n) is 6.90. The van der Waals surface area contributed by atoms with Crippen LogP contribution in [-0.4, -0.2) is 30.0 Å². The Labute approximate surface area is 176 Å². The third kappa shape index (κ3) is 6.03. The number of ketones is 1. The summed E-state index contributed by atoms with van der Waals surface area (Å²) in [5.74, 6) is -0.0633. The molecule has 0 atom stereocenters. The number of nitrogens with one attached hydrogen (secondary N) is 1. The molecular weight excluding hydrogens is 378 g/mol. The number of amides is 1. The molecule has 0 radical (unpaired) electrons. The minimum Gasteiger partial charge on any atom is -0.494 e. The minimum absolute atomic E-state index is 0.281. The van der Waals surface area contributed by atoms with Crippen molar-refractivity contribution in [3.05, 3.63) is 95.6 Å². The molecule has 0 aliphatic rings. The zero-order valence-electron chi connectivity index (χ0n) is 16.7. The molecule has 0 unspecified atom stereocenters. The van der Waals surface area contributed by atoms with E-state index in [0.29, 0.717) is 23.6 Å². The normalized spacial score (nSPS) is 10.4. The maximum absolute atomic E-state index is 12.5. The van der Waals surface area contributed by atoms with Crippen molar-refractivity contribution in [3.63, 3.8) is 0 Å². The number of aliphatic hydroxyl groups is 1. The minimum atomic E-state index is -0.607. The fourth-order valence-electron chi connectivity index (χ4n) is 3.08. The molecule has 0 aliphatic heterocycles. The molecule has 3 aromatic rings. The van der Waals surface area contributed by atoms with E-state index in [1.165, 1.54) is 5.56 Å². The second-order valence-corrected chi connectivity index (χ2v) is 6.90. The van der Waals surface area contributed by atoms with Gasteiger partial charge in [-0.3, -0.25) is 9.59 Å². The number of para-hydroxylation sites is 1. The zero-order valence-corrected chi connectivity index (χ0v) is 16.7. The summed E-state index contributed by atoms with van der Waals surface area (Å²) < 4.78 is 5.76. The number of carbonyl (C=O) groups excluding carboxylic acids is 2. The van der Waals surface area contributed by atoms with E-state index in [-0.39, 0.29) is 11.5 Å². The highest BCUT2D eigenvalue weighted by atomic mass is 16.5. The van der Waals surface area contributed by atoms with Crippen molar-refractivity contribution in [2.24, 2.45) is 0 Å². The molecular formula is C25H25NO4. The Bertz CT molecular complexity index is 968. The molecule has 30 heavy (non-hydrogen) atoms. The van der Waals surface area contributed by atoms with E-state index in [0.717, 1.165) is 19.3 Å². The van der Waals surface area contributed by atoms with Crippen LogP contribution < -0.4 is 10.1 Å². The van der Waals surface area contributed by atoms with E-state index in [9.17, 15) is 9.59 Å². The summed E-state index contributed by atoms with van der Waals surface area (Å²) in [6.07, 6.45) is 3.03. The van der Waals surface area contributed by atoms with Gasteiger partial charge in [-0.15, -0.1) is 0 Å². The third-order valence-corrected chi connectivity index (χ3v) is 4.71. The molecule has 0 bridgehead atoms. The first-order valence-corrected chi connectivity index (χ1v) is 9.98. The predicted molar refractivity (Wildman–Crippen MR) is 117 cm³/mol. The monoisotopic (exact) mass is 403 g/mol. The van der Waals surface area contributed by atoms with E-state index in [1.807, 2.05) is 18.2 Å². The van der Waals surface area contributed by atoms with Crippen LogP contribution in [0, 0.1) is 0 Å². The fourth-order valence-corrected chi connectivity index (χ4v) is 3.08. The quantitative estimate of drug-likeness (QED) is 0.386. The van der Waals surface area contributed by atoms with Crippen molar-refractivity contribution >= 4 is 17.4 Å². The highest BCUT2D eigenvalue weighted by Gasteiger charge is 2.13. The average Bonchev–Trinajstić information content (AvgIpc) is 2.80. The summed E-state index contributed by atoms with van der Waals surface area (Å²) in [4.78, 5) is 24.3. The Morgan fingerprint density at radius 3 is 2.27 bits per heavy atom. The second kappa shape index (κ2) is 10.9. The van der Waals surface area contributed by atoms with Gasteiger partial charge in [-0.1, -0.05) is 42.5 Å². The topological polar surface area (TPSA) is 75.6 Å². The van der Waals surface area contributed by atoms with Gasteiger partial charge in [-0.25, -0.2) is 0 Å². The Morgan fingerprint density at radius 2 is 1.53 bits per heavy atom. The summed E-state index contributed by atoms with van der Waals surface area (Å²) in [7, 11) is 0. The highest BCUT2D eigenvalue weighted by molar-refractivity contribution is 6.09. The molecule has 5 nitrogen and oxygen atoms in total. The molecule has 1 amide bonds. The molecule has 3 rings (SSSR count). The van der Waals surface area contributed by atoms with Crippen LogP contribution >= 0.6 is 0 Å². The maximum atomic E-state index is 12.5. The van der Waals surface area contributed by atoms with Gasteiger partial charge < -0.3 is 15.2 Å². The number of unbranched alkanes of at least 4 members (excludes halogenated alkanes) is 1. The van der Waals surface area contributed by atoms with E-state index in [2.05, 4.69) is 17.4 Å². The van der Waals surface area contributed by atoms with Crippen molar-refractivity contribution in [1.82, 2.24) is 0 Å². The third-order valence-electron chi connectivity index (χ3n) is 4.71. The van der Waals surface area contributed by atoms with Crippen molar-refractivity contribution in [2.45, 2.75) is 19.3 Å². The van der Waals surface area contributed by atoms with Gasteiger partial charge in [-0.2, -0.15) is 0 Å². The first kappa shape index (κ1) is 21.3. The molecule has 0 spiro atoms. The fraction of sp³-hybridized carbons (Fsp3) is 0.200. The Balaban J connectivity index is 1.48. The van der Waals surface area contributed by atoms with Crippen molar-refractivity contribution in [1.29, 1.82) is 0 Å². The molecule has 5 heteroatoms. The van der Waals surface area contributed by atoms with E-state index >= 15 is 0 Å². The van der Waals surface area contributed by atoms with Crippen LogP contribution in [-0.2, 0) is 6.42 Å². The standard InChI is InChI=1S/C25H25NO4/c27-18-24(28)22-11-4-5-12-23(22)26-25(29)20-13-15-21(16-14-20)30-17-7-6-10-19-8-2-1-3-9-19/h1-5,8-9,11-16,27H,6-7,10,17-18H2,(H,26,29). The summed E-state index contributed by atoms with van der Waals surface area (Å²) in [5, 5.41) is 11.8. The first-order chi connectivity index (χ1) is 14.7. The average molecular weight is 403 g/mol. The number of hydrogen-bond acceptors (Lipinski definition) is 4. The molecule has 0 saturated heterocycles. The first-order valence-electron chi connectivity index (χ1n) is 9.98. The molecule has 0 fully saturated rings. The highest BCUT2D eigenvalue weighted by Crippen LogP contribution is 2.18. The number of anilines is 1. The van der Waals surface area contributed by atoms with Crippen LogP contribution in [0.5, 0.6) is 5.75 Å². The number of ether oxygens (including phenoxy) is 1. The lowest BCUT2D eigenvalue weighted by Gasteiger charge is -2.10. The Morgan fingerprint density at radius 1 is 0.833 bits per heavy atom. The molecule has 0 saturated carbocycles. The van der Waals surface area contributed by atoms with Gasteiger partial charge in [0.25, 0.3) is 5.91 Å². The van der Waals surface area contributed by atoms with Gasteiger partial charge in [-0.05, 0) is 61.2 Å². The number of hydrogen-bond donors (Lipinski definition) is 2. The SMILES string of the molecule is O=C(Nc1ccccc1C(=O)CO)c1ccc(OCCCCc2ccccc2)cc1. The number of carbonyl (C=O) groups is 2. The van der Waals surface area contributed by atoms with Crippen molar-refractivity contribution in [3.8, 4) is 5.75 Å². The van der Waals surface area contributed by atoms with Crippen LogP contribution in [0.25, 0.3) is 0 Å². The lowest BCUT2D eigenvalue weighted by atomic mass is 10.1. The van der Waals surface area contributed by atoms with Gasteiger partial charge in [0.05, 0.1) is 12.3 Å². The molecule has 0 aliphatic carbocycles. The molecule has 154 valence electrons. The van der Waals surface area contributed by atoms with Gasteiger partial charge in [0, 0.05) is 11.1 Å². The summed E-state index contributed by atoms with van der Waals surface area (Å²) in [6.45, 7) is 0.0132. The van der Waals surface area contributed by atoms with E-state index in [1.54, 1.807) is 48.5 Å². The Kier molecular flexibility index (Phi) is 7.75. The molecule has 2 N–H and O–H groups in total. The van der Waals surface area contributed by atoms with Crippen molar-refractivity contribution < 1.29 is 19.4 Å². The predicted octanol–water partition coefficient (Wildman–Crippen LogP) is 4.52. The summed E-state index contributed by atoms with van der Waals surface area (Å²) in [5.41, 5.74) is 2.44. The lowest BCUT2D eigenvalue weighted by Crippen LogP contribution is -2.16. The van der Waals surface area contributed by atoms with Gasteiger partial charge in [0.15, 0.2) is 5.78 Å². The number of aliphatic hydroxyl groups excluding tert-OH is 1. The number of Topliss-reactive ketones (excluding diaryl/α,β-unsaturated/α-hetero) is 1. The smallest absolute Gasteiger partial charge is 0.255 e. The molecule has 0 heterocycles.